The summed E-state index contributed by atoms with van der Waals surface area (Å²) in [5.41, 5.74) is 6.46. The van der Waals surface area contributed by atoms with E-state index in [9.17, 15) is 4.79 Å². The van der Waals surface area contributed by atoms with Gasteiger partial charge in [0.15, 0.2) is 0 Å². The van der Waals surface area contributed by atoms with Gasteiger partial charge in [-0.2, -0.15) is 0 Å². The Balaban J connectivity index is 2.07. The Morgan fingerprint density at radius 1 is 1.60 bits per heavy atom. The van der Waals surface area contributed by atoms with Crippen LogP contribution < -0.4 is 5.73 Å². The van der Waals surface area contributed by atoms with E-state index in [4.69, 9.17) is 5.73 Å². The molecule has 2 heterocycles. The Morgan fingerprint density at radius 3 is 3.10 bits per heavy atom. The van der Waals surface area contributed by atoms with E-state index in [1.165, 1.54) is 24.2 Å². The first-order chi connectivity index (χ1) is 9.65. The zero-order chi connectivity index (χ0) is 14.5. The highest BCUT2D eigenvalue weighted by Crippen LogP contribution is 2.26. The van der Waals surface area contributed by atoms with Crippen molar-refractivity contribution < 1.29 is 4.79 Å². The molecule has 0 aromatic carbocycles. The zero-order valence-electron chi connectivity index (χ0n) is 12.2. The molecule has 108 valence electrons. The van der Waals surface area contributed by atoms with Gasteiger partial charge in [-0.15, -0.1) is 11.3 Å². The molecule has 1 amide bonds. The summed E-state index contributed by atoms with van der Waals surface area (Å²) in [6.45, 7) is 6.36. The van der Waals surface area contributed by atoms with Crippen LogP contribution in [0.1, 0.15) is 46.3 Å². The first-order valence-electron chi connectivity index (χ1n) is 7.24. The Bertz CT molecular complexity index is 538. The molecule has 4 heteroatoms. The highest BCUT2D eigenvalue weighted by Gasteiger charge is 2.27. The molecule has 2 N–H and O–H groups in total. The second kappa shape index (κ2) is 6.92. The highest BCUT2D eigenvalue weighted by atomic mass is 32.1. The number of nitrogens with two attached hydrogens (primary N) is 1. The Morgan fingerprint density at radius 2 is 2.40 bits per heavy atom. The van der Waals surface area contributed by atoms with E-state index in [1.54, 1.807) is 0 Å². The molecule has 1 atom stereocenters. The summed E-state index contributed by atoms with van der Waals surface area (Å²) in [5.74, 6) is 6.74. The number of amides is 1. The van der Waals surface area contributed by atoms with Crippen LogP contribution in [0.2, 0.25) is 0 Å². The third kappa shape index (κ3) is 3.41. The molecule has 2 rings (SSSR count). The first kappa shape index (κ1) is 15.1. The summed E-state index contributed by atoms with van der Waals surface area (Å²) in [4.78, 5) is 16.3. The first-order valence-corrected chi connectivity index (χ1v) is 8.06. The lowest BCUT2D eigenvalue weighted by molar-refractivity contribution is 0.0791. The number of hydrogen-bond donors (Lipinski definition) is 1. The van der Waals surface area contributed by atoms with Crippen molar-refractivity contribution >= 4 is 17.2 Å². The summed E-state index contributed by atoms with van der Waals surface area (Å²) < 4.78 is 0. The molecule has 0 aliphatic carbocycles. The molecule has 1 aliphatic heterocycles. The molecule has 1 aromatic rings. The van der Waals surface area contributed by atoms with Crippen LogP contribution in [0.5, 0.6) is 0 Å². The molecule has 1 aliphatic rings. The fourth-order valence-corrected chi connectivity index (χ4v) is 3.67. The van der Waals surface area contributed by atoms with Gasteiger partial charge < -0.3 is 10.6 Å². The van der Waals surface area contributed by atoms with Crippen molar-refractivity contribution in [1.82, 2.24) is 4.90 Å². The van der Waals surface area contributed by atoms with Crippen LogP contribution in [0.4, 0.5) is 0 Å². The molecular weight excluding hydrogens is 268 g/mol. The molecule has 20 heavy (non-hydrogen) atoms. The number of nitrogens with zero attached hydrogens (tertiary/aromatic N) is 1. The van der Waals surface area contributed by atoms with Crippen molar-refractivity contribution in [3.63, 3.8) is 0 Å². The predicted molar refractivity (Wildman–Crippen MR) is 83.9 cm³/mol. The lowest BCUT2D eigenvalue weighted by atomic mass is 10.0. The van der Waals surface area contributed by atoms with Crippen LogP contribution in [-0.4, -0.2) is 30.4 Å². The van der Waals surface area contributed by atoms with Crippen LogP contribution >= 0.6 is 11.3 Å². The van der Waals surface area contributed by atoms with Gasteiger partial charge >= 0.3 is 0 Å². The zero-order valence-corrected chi connectivity index (χ0v) is 13.1. The fraction of sp³-hybridized carbons (Fsp3) is 0.562. The maximum Gasteiger partial charge on any atom is 0.263 e. The van der Waals surface area contributed by atoms with Gasteiger partial charge in [-0.3, -0.25) is 4.79 Å². The second-order valence-corrected chi connectivity index (χ2v) is 6.38. The normalized spacial score (nSPS) is 17.9. The molecule has 1 unspecified atom stereocenters. The molecule has 0 spiro atoms. The summed E-state index contributed by atoms with van der Waals surface area (Å²) in [5, 5.41) is 0. The van der Waals surface area contributed by atoms with Gasteiger partial charge in [0.1, 0.15) is 0 Å². The molecule has 0 radical (unpaired) electrons. The largest absolute Gasteiger partial charge is 0.338 e. The maximum atomic E-state index is 12.5. The van der Waals surface area contributed by atoms with Crippen molar-refractivity contribution in [2.45, 2.75) is 33.1 Å². The minimum atomic E-state index is 0.164. The Labute approximate surface area is 125 Å². The van der Waals surface area contributed by atoms with E-state index in [0.717, 1.165) is 34.8 Å². The number of carbonyl (C=O) groups excluding carboxylic acids is 1. The smallest absolute Gasteiger partial charge is 0.263 e. The standard InChI is InChI=1S/C16H22N2OS/c1-3-5-13-7-9-18(11-13)16(19)15-10-12(2)14(20-15)6-4-8-17/h10,13H,3,5,7-9,11,17H2,1-2H3. The van der Waals surface area contributed by atoms with Crippen LogP contribution in [0.3, 0.4) is 0 Å². The van der Waals surface area contributed by atoms with Gasteiger partial charge in [0, 0.05) is 13.1 Å². The van der Waals surface area contributed by atoms with E-state index in [0.29, 0.717) is 12.5 Å². The highest BCUT2D eigenvalue weighted by molar-refractivity contribution is 7.14. The molecule has 1 aromatic heterocycles. The molecule has 0 saturated carbocycles. The van der Waals surface area contributed by atoms with Crippen molar-refractivity contribution in [3.8, 4) is 11.8 Å². The van der Waals surface area contributed by atoms with E-state index in [-0.39, 0.29) is 5.91 Å². The lowest BCUT2D eigenvalue weighted by Crippen LogP contribution is -2.27. The summed E-state index contributed by atoms with van der Waals surface area (Å²) >= 11 is 1.49. The average molecular weight is 290 g/mol. The van der Waals surface area contributed by atoms with E-state index < -0.39 is 0 Å². The maximum absolute atomic E-state index is 12.5. The monoisotopic (exact) mass is 290 g/mol. The SMILES string of the molecule is CCCC1CCN(C(=O)c2cc(C)c(C#CCN)s2)C1. The van der Waals surface area contributed by atoms with E-state index in [2.05, 4.69) is 18.8 Å². The van der Waals surface area contributed by atoms with Crippen molar-refractivity contribution in [2.24, 2.45) is 11.7 Å². The summed E-state index contributed by atoms with van der Waals surface area (Å²) in [6.07, 6.45) is 3.56. The van der Waals surface area contributed by atoms with Crippen molar-refractivity contribution in [1.29, 1.82) is 0 Å². The summed E-state index contributed by atoms with van der Waals surface area (Å²) in [7, 11) is 0. The number of rotatable bonds is 3. The topological polar surface area (TPSA) is 46.3 Å². The second-order valence-electron chi connectivity index (χ2n) is 5.32. The Hall–Kier alpha value is -1.31. The predicted octanol–water partition coefficient (Wildman–Crippen LogP) is 2.63. The molecular formula is C16H22N2OS. The number of carbonyl (C=O) groups is 1. The van der Waals surface area contributed by atoms with E-state index in [1.807, 2.05) is 17.9 Å². The number of likely N-dealkylation sites (tertiary alicyclic amines) is 1. The van der Waals surface area contributed by atoms with Gasteiger partial charge in [-0.1, -0.05) is 25.2 Å². The lowest BCUT2D eigenvalue weighted by Gasteiger charge is -2.15. The molecule has 0 bridgehead atoms. The van der Waals surface area contributed by atoms with Crippen molar-refractivity contribution in [2.75, 3.05) is 19.6 Å². The third-order valence-corrected chi connectivity index (χ3v) is 4.84. The summed E-state index contributed by atoms with van der Waals surface area (Å²) in [6, 6.07) is 1.96. The van der Waals surface area contributed by atoms with Crippen LogP contribution in [0.15, 0.2) is 6.07 Å². The third-order valence-electron chi connectivity index (χ3n) is 3.70. The van der Waals surface area contributed by atoms with Gasteiger partial charge in [0.2, 0.25) is 0 Å². The number of hydrogen-bond acceptors (Lipinski definition) is 3. The van der Waals surface area contributed by atoms with Gasteiger partial charge in [-0.05, 0) is 37.3 Å². The molecule has 3 nitrogen and oxygen atoms in total. The molecule has 1 saturated heterocycles. The van der Waals surface area contributed by atoms with Gasteiger partial charge in [0.05, 0.1) is 16.3 Å². The van der Waals surface area contributed by atoms with Crippen LogP contribution in [0.25, 0.3) is 0 Å². The fourth-order valence-electron chi connectivity index (χ4n) is 2.66. The Kier molecular flexibility index (Phi) is 5.22. The van der Waals surface area contributed by atoms with Crippen LogP contribution in [0, 0.1) is 24.7 Å². The minimum absolute atomic E-state index is 0.164. The van der Waals surface area contributed by atoms with Gasteiger partial charge in [0.25, 0.3) is 5.91 Å². The van der Waals surface area contributed by atoms with Crippen LogP contribution in [-0.2, 0) is 0 Å². The quantitative estimate of drug-likeness (QED) is 0.870. The van der Waals surface area contributed by atoms with E-state index >= 15 is 0 Å². The minimum Gasteiger partial charge on any atom is -0.338 e. The van der Waals surface area contributed by atoms with Gasteiger partial charge in [-0.25, -0.2) is 0 Å². The number of thiophene rings is 1. The van der Waals surface area contributed by atoms with Crippen molar-refractivity contribution in [3.05, 3.63) is 21.4 Å². The molecule has 1 fully saturated rings. The average Bonchev–Trinajstić information content (AvgIpc) is 3.03. The number of aryl methyl sites for hydroxylation is 1.